The summed E-state index contributed by atoms with van der Waals surface area (Å²) in [7, 11) is 0. The topological polar surface area (TPSA) is 72.9 Å². The number of hydrogen-bond acceptors (Lipinski definition) is 3. The van der Waals surface area contributed by atoms with Gasteiger partial charge in [0.05, 0.1) is 6.54 Å². The average molecular weight is 272 g/mol. The van der Waals surface area contributed by atoms with Gasteiger partial charge in [-0.2, -0.15) is 5.10 Å². The summed E-state index contributed by atoms with van der Waals surface area (Å²) < 4.78 is 1.80. The number of carbonyl (C=O) groups is 1. The maximum absolute atomic E-state index is 12.3. The lowest BCUT2D eigenvalue weighted by atomic mass is 10.0. The molecule has 0 saturated heterocycles. The maximum Gasteiger partial charge on any atom is 0.251 e. The smallest absolute Gasteiger partial charge is 0.251 e. The number of carbonyl (C=O) groups excluding carboxylic acids is 1. The molecule has 20 heavy (non-hydrogen) atoms. The zero-order valence-electron chi connectivity index (χ0n) is 11.6. The maximum atomic E-state index is 12.3. The van der Waals surface area contributed by atoms with Crippen LogP contribution in [-0.2, 0) is 13.0 Å². The van der Waals surface area contributed by atoms with E-state index in [-0.39, 0.29) is 11.9 Å². The molecule has 2 aromatic rings. The highest BCUT2D eigenvalue weighted by Gasteiger charge is 2.13. The van der Waals surface area contributed by atoms with E-state index in [9.17, 15) is 4.79 Å². The standard InChI is InChI=1S/C15H20N4O/c1-12(11-19-10-4-9-17-19)18-15(20)14-6-3-2-5-13(14)7-8-16/h2-6,9-10,12H,7-8,11,16H2,1H3,(H,18,20). The van der Waals surface area contributed by atoms with E-state index < -0.39 is 0 Å². The van der Waals surface area contributed by atoms with Gasteiger partial charge in [-0.1, -0.05) is 18.2 Å². The van der Waals surface area contributed by atoms with Crippen LogP contribution in [0.15, 0.2) is 42.7 Å². The number of nitrogens with two attached hydrogens (primary N) is 1. The lowest BCUT2D eigenvalue weighted by Gasteiger charge is -2.15. The molecule has 0 saturated carbocycles. The Labute approximate surface area is 118 Å². The van der Waals surface area contributed by atoms with E-state index in [4.69, 9.17) is 5.73 Å². The minimum Gasteiger partial charge on any atom is -0.348 e. The van der Waals surface area contributed by atoms with E-state index in [1.807, 2.05) is 43.5 Å². The van der Waals surface area contributed by atoms with Gasteiger partial charge in [0, 0.05) is 24.0 Å². The molecule has 106 valence electrons. The number of aromatic nitrogens is 2. The van der Waals surface area contributed by atoms with Gasteiger partial charge < -0.3 is 11.1 Å². The van der Waals surface area contributed by atoms with Gasteiger partial charge in [-0.05, 0) is 37.6 Å². The van der Waals surface area contributed by atoms with Crippen LogP contribution in [0.2, 0.25) is 0 Å². The molecule has 2 rings (SSSR count). The second kappa shape index (κ2) is 6.86. The van der Waals surface area contributed by atoms with Crippen molar-refractivity contribution in [2.24, 2.45) is 5.73 Å². The molecule has 0 fully saturated rings. The van der Waals surface area contributed by atoms with Gasteiger partial charge in [-0.15, -0.1) is 0 Å². The minimum atomic E-state index is -0.0614. The van der Waals surface area contributed by atoms with Crippen LogP contribution < -0.4 is 11.1 Å². The second-order valence-corrected chi connectivity index (χ2v) is 4.80. The van der Waals surface area contributed by atoms with Gasteiger partial charge in [-0.25, -0.2) is 0 Å². The molecule has 0 radical (unpaired) electrons. The lowest BCUT2D eigenvalue weighted by Crippen LogP contribution is -2.36. The summed E-state index contributed by atoms with van der Waals surface area (Å²) in [5.41, 5.74) is 7.26. The van der Waals surface area contributed by atoms with Crippen molar-refractivity contribution in [2.75, 3.05) is 6.54 Å². The summed E-state index contributed by atoms with van der Waals surface area (Å²) in [5, 5.41) is 7.12. The molecule has 1 amide bonds. The summed E-state index contributed by atoms with van der Waals surface area (Å²) in [6.45, 7) is 3.15. The van der Waals surface area contributed by atoms with Crippen LogP contribution in [0.1, 0.15) is 22.8 Å². The van der Waals surface area contributed by atoms with Crippen molar-refractivity contribution in [3.05, 3.63) is 53.9 Å². The molecule has 0 aliphatic rings. The number of hydrogen-bond donors (Lipinski definition) is 2. The highest BCUT2D eigenvalue weighted by molar-refractivity contribution is 5.95. The average Bonchev–Trinajstić information content (AvgIpc) is 2.92. The van der Waals surface area contributed by atoms with Crippen LogP contribution in [0.25, 0.3) is 0 Å². The number of amides is 1. The highest BCUT2D eigenvalue weighted by Crippen LogP contribution is 2.09. The fraction of sp³-hybridized carbons (Fsp3) is 0.333. The summed E-state index contributed by atoms with van der Waals surface area (Å²) in [5.74, 6) is -0.0614. The molecule has 0 spiro atoms. The molecule has 0 aliphatic carbocycles. The summed E-state index contributed by atoms with van der Waals surface area (Å²) in [6, 6.07) is 9.45. The fourth-order valence-corrected chi connectivity index (χ4v) is 2.15. The summed E-state index contributed by atoms with van der Waals surface area (Å²) in [6.07, 6.45) is 4.31. The molecule has 1 aromatic heterocycles. The molecule has 0 bridgehead atoms. The third-order valence-electron chi connectivity index (χ3n) is 3.07. The van der Waals surface area contributed by atoms with Gasteiger partial charge in [0.25, 0.3) is 5.91 Å². The first-order chi connectivity index (χ1) is 9.70. The first-order valence-corrected chi connectivity index (χ1v) is 6.77. The zero-order chi connectivity index (χ0) is 14.4. The number of nitrogens with zero attached hydrogens (tertiary/aromatic N) is 2. The van der Waals surface area contributed by atoms with Gasteiger partial charge in [-0.3, -0.25) is 9.48 Å². The van der Waals surface area contributed by atoms with Crippen molar-refractivity contribution in [1.29, 1.82) is 0 Å². The minimum absolute atomic E-state index is 0.00772. The first kappa shape index (κ1) is 14.3. The number of rotatable bonds is 6. The second-order valence-electron chi connectivity index (χ2n) is 4.80. The normalized spacial score (nSPS) is 12.1. The molecule has 0 aliphatic heterocycles. The van der Waals surface area contributed by atoms with E-state index in [1.54, 1.807) is 10.9 Å². The predicted molar refractivity (Wildman–Crippen MR) is 78.4 cm³/mol. The Bertz CT molecular complexity index is 551. The molecular weight excluding hydrogens is 252 g/mol. The first-order valence-electron chi connectivity index (χ1n) is 6.77. The number of benzene rings is 1. The molecule has 3 N–H and O–H groups in total. The van der Waals surface area contributed by atoms with Crippen LogP contribution in [-0.4, -0.2) is 28.3 Å². The van der Waals surface area contributed by atoms with Crippen molar-refractivity contribution >= 4 is 5.91 Å². The molecular formula is C15H20N4O. The Morgan fingerprint density at radius 2 is 2.20 bits per heavy atom. The van der Waals surface area contributed by atoms with Gasteiger partial charge in [0.15, 0.2) is 0 Å². The molecule has 5 heteroatoms. The summed E-state index contributed by atoms with van der Waals surface area (Å²) >= 11 is 0. The number of nitrogens with one attached hydrogen (secondary N) is 1. The molecule has 1 aromatic carbocycles. The van der Waals surface area contributed by atoms with E-state index in [1.165, 1.54) is 0 Å². The quantitative estimate of drug-likeness (QED) is 0.830. The third-order valence-corrected chi connectivity index (χ3v) is 3.07. The SMILES string of the molecule is CC(Cn1cccn1)NC(=O)c1ccccc1CCN. The fourth-order valence-electron chi connectivity index (χ4n) is 2.15. The molecule has 1 atom stereocenters. The monoisotopic (exact) mass is 272 g/mol. The Morgan fingerprint density at radius 3 is 2.90 bits per heavy atom. The summed E-state index contributed by atoms with van der Waals surface area (Å²) in [4.78, 5) is 12.3. The largest absolute Gasteiger partial charge is 0.348 e. The van der Waals surface area contributed by atoms with Crippen molar-refractivity contribution < 1.29 is 4.79 Å². The van der Waals surface area contributed by atoms with Crippen molar-refractivity contribution in [3.8, 4) is 0 Å². The van der Waals surface area contributed by atoms with Crippen molar-refractivity contribution in [3.63, 3.8) is 0 Å². The van der Waals surface area contributed by atoms with Crippen LogP contribution in [0.4, 0.5) is 0 Å². The van der Waals surface area contributed by atoms with Crippen molar-refractivity contribution in [2.45, 2.75) is 25.9 Å². The van der Waals surface area contributed by atoms with E-state index in [0.29, 0.717) is 25.1 Å². The Kier molecular flexibility index (Phi) is 4.90. The van der Waals surface area contributed by atoms with Gasteiger partial charge in [0.2, 0.25) is 0 Å². The van der Waals surface area contributed by atoms with Gasteiger partial charge >= 0.3 is 0 Å². The molecule has 1 unspecified atom stereocenters. The Hall–Kier alpha value is -2.14. The van der Waals surface area contributed by atoms with Crippen LogP contribution in [0.3, 0.4) is 0 Å². The Balaban J connectivity index is 2.00. The Morgan fingerprint density at radius 1 is 1.40 bits per heavy atom. The highest BCUT2D eigenvalue weighted by atomic mass is 16.1. The van der Waals surface area contributed by atoms with Crippen LogP contribution >= 0.6 is 0 Å². The van der Waals surface area contributed by atoms with Crippen LogP contribution in [0.5, 0.6) is 0 Å². The third kappa shape index (κ3) is 3.68. The predicted octanol–water partition coefficient (Wildman–Crippen LogP) is 1.20. The van der Waals surface area contributed by atoms with E-state index in [0.717, 1.165) is 5.56 Å². The van der Waals surface area contributed by atoms with E-state index >= 15 is 0 Å². The molecule has 1 heterocycles. The lowest BCUT2D eigenvalue weighted by molar-refractivity contribution is 0.0935. The van der Waals surface area contributed by atoms with Crippen molar-refractivity contribution in [1.82, 2.24) is 15.1 Å². The van der Waals surface area contributed by atoms with E-state index in [2.05, 4.69) is 10.4 Å². The van der Waals surface area contributed by atoms with Crippen LogP contribution in [0, 0.1) is 0 Å². The van der Waals surface area contributed by atoms with Gasteiger partial charge in [0.1, 0.15) is 0 Å². The zero-order valence-corrected chi connectivity index (χ0v) is 11.6. The molecule has 5 nitrogen and oxygen atoms in total.